The standard InChI is InChI=1S/C10H17ClN2O2/c1-2-9(10(14)15-11)13-7-3-4-8(13)6-12-5-7/h7-9,12H,2-6H2,1H3. The van der Waals surface area contributed by atoms with Crippen molar-refractivity contribution in [3.8, 4) is 0 Å². The molecule has 2 aliphatic heterocycles. The summed E-state index contributed by atoms with van der Waals surface area (Å²) in [6, 6.07) is 0.788. The van der Waals surface area contributed by atoms with Crippen LogP contribution in [-0.4, -0.2) is 42.1 Å². The van der Waals surface area contributed by atoms with Gasteiger partial charge in [-0.05, 0) is 19.3 Å². The van der Waals surface area contributed by atoms with Crippen LogP contribution in [0.3, 0.4) is 0 Å². The van der Waals surface area contributed by atoms with Gasteiger partial charge in [0.1, 0.15) is 17.9 Å². The Hall–Kier alpha value is -0.320. The van der Waals surface area contributed by atoms with E-state index in [4.69, 9.17) is 11.9 Å². The van der Waals surface area contributed by atoms with Crippen molar-refractivity contribution >= 4 is 17.8 Å². The molecule has 2 aliphatic rings. The molecule has 0 spiro atoms. The monoisotopic (exact) mass is 232 g/mol. The number of hydrogen-bond donors (Lipinski definition) is 1. The van der Waals surface area contributed by atoms with Crippen LogP contribution in [0.25, 0.3) is 0 Å². The van der Waals surface area contributed by atoms with Gasteiger partial charge in [-0.3, -0.25) is 4.90 Å². The third-order valence-electron chi connectivity index (χ3n) is 3.53. The lowest BCUT2D eigenvalue weighted by molar-refractivity contribution is -0.142. The number of carbonyl (C=O) groups is 1. The maximum atomic E-state index is 11.5. The van der Waals surface area contributed by atoms with E-state index in [-0.39, 0.29) is 12.0 Å². The molecular weight excluding hydrogens is 216 g/mol. The van der Waals surface area contributed by atoms with Gasteiger partial charge in [-0.15, -0.1) is 0 Å². The molecule has 4 nitrogen and oxygen atoms in total. The van der Waals surface area contributed by atoms with Crippen LogP contribution < -0.4 is 5.32 Å². The van der Waals surface area contributed by atoms with Gasteiger partial charge >= 0.3 is 5.97 Å². The van der Waals surface area contributed by atoms with Crippen molar-refractivity contribution in [3.63, 3.8) is 0 Å². The Morgan fingerprint density at radius 2 is 2.13 bits per heavy atom. The van der Waals surface area contributed by atoms with Crippen molar-refractivity contribution in [2.24, 2.45) is 0 Å². The third kappa shape index (κ3) is 1.98. The van der Waals surface area contributed by atoms with Crippen LogP contribution in [0.15, 0.2) is 0 Å². The molecule has 3 unspecified atom stereocenters. The van der Waals surface area contributed by atoms with Crippen LogP contribution in [0.2, 0.25) is 0 Å². The van der Waals surface area contributed by atoms with Gasteiger partial charge in [-0.25, -0.2) is 4.79 Å². The van der Waals surface area contributed by atoms with Crippen LogP contribution in [-0.2, 0) is 9.08 Å². The van der Waals surface area contributed by atoms with Crippen molar-refractivity contribution < 1.29 is 9.08 Å². The SMILES string of the molecule is CCC(C(=O)OCl)N1C2CCC1CNC2. The summed E-state index contributed by atoms with van der Waals surface area (Å²) in [5.41, 5.74) is 0. The molecule has 2 saturated heterocycles. The second-order valence-electron chi connectivity index (χ2n) is 4.31. The van der Waals surface area contributed by atoms with Gasteiger partial charge in [0.2, 0.25) is 0 Å². The Bertz CT molecular complexity index is 234. The molecule has 2 fully saturated rings. The Morgan fingerprint density at radius 3 is 2.60 bits per heavy atom. The van der Waals surface area contributed by atoms with E-state index in [1.54, 1.807) is 0 Å². The van der Waals surface area contributed by atoms with Gasteiger partial charge in [0, 0.05) is 25.2 Å². The summed E-state index contributed by atoms with van der Waals surface area (Å²) in [6.07, 6.45) is 3.10. The fraction of sp³-hybridized carbons (Fsp3) is 0.900. The zero-order valence-electron chi connectivity index (χ0n) is 8.91. The molecule has 1 N–H and O–H groups in total. The van der Waals surface area contributed by atoms with Gasteiger partial charge in [-0.2, -0.15) is 0 Å². The Balaban J connectivity index is 2.10. The van der Waals surface area contributed by atoms with Gasteiger partial charge in [0.05, 0.1) is 0 Å². The predicted octanol–water partition coefficient (Wildman–Crippen LogP) is 0.898. The Labute approximate surface area is 95.1 Å². The van der Waals surface area contributed by atoms with Crippen LogP contribution in [0, 0.1) is 0 Å². The normalized spacial score (nSPS) is 32.7. The summed E-state index contributed by atoms with van der Waals surface area (Å²) >= 11 is 5.17. The lowest BCUT2D eigenvalue weighted by Crippen LogP contribution is -2.57. The van der Waals surface area contributed by atoms with Crippen molar-refractivity contribution in [3.05, 3.63) is 0 Å². The van der Waals surface area contributed by atoms with E-state index in [0.29, 0.717) is 12.1 Å². The molecule has 0 aliphatic carbocycles. The van der Waals surface area contributed by atoms with Crippen LogP contribution in [0.1, 0.15) is 26.2 Å². The second-order valence-corrected chi connectivity index (χ2v) is 4.46. The summed E-state index contributed by atoms with van der Waals surface area (Å²) in [7, 11) is 0. The summed E-state index contributed by atoms with van der Waals surface area (Å²) in [5, 5.41) is 3.39. The van der Waals surface area contributed by atoms with Crippen LogP contribution >= 0.6 is 11.9 Å². The minimum Gasteiger partial charge on any atom is -0.346 e. The molecule has 2 heterocycles. The Kier molecular flexibility index (Phi) is 3.49. The Morgan fingerprint density at radius 1 is 1.53 bits per heavy atom. The zero-order valence-corrected chi connectivity index (χ0v) is 9.67. The fourth-order valence-corrected chi connectivity index (χ4v) is 2.97. The molecule has 2 bridgehead atoms. The van der Waals surface area contributed by atoms with Crippen LogP contribution in [0.5, 0.6) is 0 Å². The molecule has 0 aromatic carbocycles. The average Bonchev–Trinajstić information content (AvgIpc) is 2.52. The quantitative estimate of drug-likeness (QED) is 0.785. The minimum atomic E-state index is -0.307. The number of piperazine rings is 1. The minimum absolute atomic E-state index is 0.165. The van der Waals surface area contributed by atoms with E-state index in [1.807, 2.05) is 6.92 Å². The van der Waals surface area contributed by atoms with Crippen LogP contribution in [0.4, 0.5) is 0 Å². The van der Waals surface area contributed by atoms with Gasteiger partial charge in [-0.1, -0.05) is 6.92 Å². The number of nitrogens with zero attached hydrogens (tertiary/aromatic N) is 1. The van der Waals surface area contributed by atoms with E-state index < -0.39 is 0 Å². The molecule has 0 radical (unpaired) electrons. The molecule has 3 atom stereocenters. The zero-order chi connectivity index (χ0) is 10.8. The van der Waals surface area contributed by atoms with Gasteiger partial charge < -0.3 is 9.61 Å². The first kappa shape index (κ1) is 11.2. The second kappa shape index (κ2) is 4.68. The van der Waals surface area contributed by atoms with E-state index >= 15 is 0 Å². The summed E-state index contributed by atoms with van der Waals surface area (Å²) in [6.45, 7) is 3.95. The van der Waals surface area contributed by atoms with Crippen molar-refractivity contribution in [1.29, 1.82) is 0 Å². The molecule has 5 heteroatoms. The number of carbonyl (C=O) groups excluding carboxylic acids is 1. The lowest BCUT2D eigenvalue weighted by Gasteiger charge is -2.39. The number of fused-ring (bicyclic) bond motifs is 2. The highest BCUT2D eigenvalue weighted by Gasteiger charge is 2.42. The third-order valence-corrected chi connectivity index (χ3v) is 3.68. The first-order valence-corrected chi connectivity index (χ1v) is 5.89. The molecule has 0 amide bonds. The summed E-state index contributed by atoms with van der Waals surface area (Å²) in [4.78, 5) is 13.8. The van der Waals surface area contributed by atoms with Crippen molar-refractivity contribution in [2.75, 3.05) is 13.1 Å². The molecule has 86 valence electrons. The smallest absolute Gasteiger partial charge is 0.341 e. The number of halogens is 1. The molecule has 0 aromatic heterocycles. The largest absolute Gasteiger partial charge is 0.346 e. The maximum absolute atomic E-state index is 11.5. The van der Waals surface area contributed by atoms with Crippen molar-refractivity contribution in [1.82, 2.24) is 10.2 Å². The average molecular weight is 233 g/mol. The highest BCUT2D eigenvalue weighted by molar-refractivity contribution is 6.13. The fourth-order valence-electron chi connectivity index (χ4n) is 2.87. The number of hydrogen-bond acceptors (Lipinski definition) is 4. The maximum Gasteiger partial charge on any atom is 0.341 e. The number of nitrogens with one attached hydrogen (secondary N) is 1. The molecular formula is C10H17ClN2O2. The molecule has 0 saturated carbocycles. The van der Waals surface area contributed by atoms with E-state index in [1.165, 1.54) is 12.8 Å². The summed E-state index contributed by atoms with van der Waals surface area (Å²) in [5.74, 6) is -0.307. The first-order chi connectivity index (χ1) is 7.27. The topological polar surface area (TPSA) is 41.6 Å². The van der Waals surface area contributed by atoms with E-state index in [0.717, 1.165) is 19.5 Å². The number of rotatable bonds is 3. The van der Waals surface area contributed by atoms with Gasteiger partial charge in [0.25, 0.3) is 0 Å². The lowest BCUT2D eigenvalue weighted by atomic mass is 10.1. The highest BCUT2D eigenvalue weighted by atomic mass is 35.5. The van der Waals surface area contributed by atoms with E-state index in [9.17, 15) is 4.79 Å². The van der Waals surface area contributed by atoms with Gasteiger partial charge in [0.15, 0.2) is 0 Å². The molecule has 15 heavy (non-hydrogen) atoms. The van der Waals surface area contributed by atoms with E-state index in [2.05, 4.69) is 14.5 Å². The predicted molar refractivity (Wildman–Crippen MR) is 57.5 cm³/mol. The van der Waals surface area contributed by atoms with Crippen molar-refractivity contribution in [2.45, 2.75) is 44.3 Å². The molecule has 2 rings (SSSR count). The molecule has 0 aromatic rings. The summed E-state index contributed by atoms with van der Waals surface area (Å²) < 4.78 is 4.35. The highest BCUT2D eigenvalue weighted by Crippen LogP contribution is 2.30. The first-order valence-electron chi connectivity index (χ1n) is 5.58.